The summed E-state index contributed by atoms with van der Waals surface area (Å²) in [5.74, 6) is 0.525. The van der Waals surface area contributed by atoms with Crippen molar-refractivity contribution in [1.82, 2.24) is 15.3 Å². The third-order valence-corrected chi connectivity index (χ3v) is 3.39. The lowest BCUT2D eigenvalue weighted by Gasteiger charge is -2.21. The summed E-state index contributed by atoms with van der Waals surface area (Å²) in [4.78, 5) is 20.7. The molecule has 1 aliphatic heterocycles. The van der Waals surface area contributed by atoms with Crippen LogP contribution in [0.5, 0.6) is 0 Å². The van der Waals surface area contributed by atoms with Crippen molar-refractivity contribution < 1.29 is 14.6 Å². The van der Waals surface area contributed by atoms with Crippen LogP contribution in [0.25, 0.3) is 0 Å². The summed E-state index contributed by atoms with van der Waals surface area (Å²) in [6.07, 6.45) is 2.08. The van der Waals surface area contributed by atoms with Crippen molar-refractivity contribution in [3.8, 4) is 0 Å². The topological polar surface area (TPSA) is 84.3 Å². The van der Waals surface area contributed by atoms with E-state index in [9.17, 15) is 9.90 Å². The summed E-state index contributed by atoms with van der Waals surface area (Å²) in [5.41, 5.74) is 0.233. The van der Waals surface area contributed by atoms with Crippen molar-refractivity contribution in [1.29, 1.82) is 0 Å². The summed E-state index contributed by atoms with van der Waals surface area (Å²) in [6, 6.07) is 0. The van der Waals surface area contributed by atoms with Crippen LogP contribution in [0.15, 0.2) is 6.20 Å². The van der Waals surface area contributed by atoms with Gasteiger partial charge in [0.25, 0.3) is 5.91 Å². The first kappa shape index (κ1) is 14.9. The number of ether oxygens (including phenoxy) is 1. The first-order chi connectivity index (χ1) is 9.41. The third-order valence-electron chi connectivity index (χ3n) is 3.39. The molecule has 2 heterocycles. The van der Waals surface area contributed by atoms with Gasteiger partial charge in [-0.25, -0.2) is 9.97 Å². The Bertz CT molecular complexity index is 496. The van der Waals surface area contributed by atoms with Crippen LogP contribution in [0.2, 0.25) is 0 Å². The minimum absolute atomic E-state index is 0.135. The lowest BCUT2D eigenvalue weighted by atomic mass is 10.0. The maximum absolute atomic E-state index is 12.2. The van der Waals surface area contributed by atoms with E-state index < -0.39 is 5.60 Å². The summed E-state index contributed by atoms with van der Waals surface area (Å²) < 4.78 is 5.15. The molecule has 1 amide bonds. The molecule has 1 aromatic heterocycles. The van der Waals surface area contributed by atoms with Crippen molar-refractivity contribution in [2.45, 2.75) is 38.7 Å². The van der Waals surface area contributed by atoms with E-state index in [2.05, 4.69) is 15.3 Å². The molecule has 1 fully saturated rings. The van der Waals surface area contributed by atoms with E-state index in [1.54, 1.807) is 13.1 Å². The van der Waals surface area contributed by atoms with Crippen LogP contribution in [0, 0.1) is 6.92 Å². The molecule has 0 saturated carbocycles. The van der Waals surface area contributed by atoms with Crippen LogP contribution in [0.3, 0.4) is 0 Å². The van der Waals surface area contributed by atoms with Crippen LogP contribution in [0.1, 0.15) is 48.1 Å². The molecule has 110 valence electrons. The summed E-state index contributed by atoms with van der Waals surface area (Å²) >= 11 is 0. The maximum Gasteiger partial charge on any atom is 0.254 e. The van der Waals surface area contributed by atoms with Crippen LogP contribution >= 0.6 is 0 Å². The fraction of sp³-hybridized carbons (Fsp3) is 0.643. The number of hydrogen-bond donors (Lipinski definition) is 2. The average molecular weight is 279 g/mol. The number of nitrogens with one attached hydrogen (secondary N) is 1. The zero-order chi connectivity index (χ0) is 14.8. The molecule has 6 heteroatoms. The molecule has 1 aliphatic rings. The van der Waals surface area contributed by atoms with Gasteiger partial charge in [-0.15, -0.1) is 0 Å². The number of carbonyl (C=O) groups is 1. The predicted molar refractivity (Wildman–Crippen MR) is 73.6 cm³/mol. The van der Waals surface area contributed by atoms with Crippen LogP contribution in [-0.4, -0.2) is 46.3 Å². The van der Waals surface area contributed by atoms with Gasteiger partial charge in [-0.2, -0.15) is 0 Å². The van der Waals surface area contributed by atoms with Gasteiger partial charge in [0.05, 0.1) is 17.9 Å². The van der Waals surface area contributed by atoms with Gasteiger partial charge in [0.1, 0.15) is 11.4 Å². The van der Waals surface area contributed by atoms with E-state index >= 15 is 0 Å². The standard InChI is InChI=1S/C14H21N3O3/c1-9(2)12-11(6-15-10(3)17-12)13(18)16-7-14(19)4-5-20-8-14/h6,9,19H,4-5,7-8H2,1-3H3,(H,16,18)/t14-/m0/s1. The molecular formula is C14H21N3O3. The zero-order valence-corrected chi connectivity index (χ0v) is 12.1. The van der Waals surface area contributed by atoms with Gasteiger partial charge < -0.3 is 15.2 Å². The van der Waals surface area contributed by atoms with E-state index in [0.717, 1.165) is 5.69 Å². The number of nitrogens with zero attached hydrogens (tertiary/aromatic N) is 2. The highest BCUT2D eigenvalue weighted by Crippen LogP contribution is 2.19. The molecule has 1 atom stereocenters. The number of aryl methyl sites for hydroxylation is 1. The Kier molecular flexibility index (Phi) is 4.35. The number of carbonyl (C=O) groups excluding carboxylic acids is 1. The Morgan fingerprint density at radius 3 is 2.95 bits per heavy atom. The largest absolute Gasteiger partial charge is 0.386 e. The van der Waals surface area contributed by atoms with Gasteiger partial charge in [-0.3, -0.25) is 4.79 Å². The minimum Gasteiger partial charge on any atom is -0.386 e. The molecule has 0 bridgehead atoms. The average Bonchev–Trinajstić information content (AvgIpc) is 2.83. The van der Waals surface area contributed by atoms with Crippen LogP contribution < -0.4 is 5.32 Å². The highest BCUT2D eigenvalue weighted by molar-refractivity contribution is 5.95. The van der Waals surface area contributed by atoms with Gasteiger partial charge in [0, 0.05) is 25.8 Å². The molecule has 0 aromatic carbocycles. The van der Waals surface area contributed by atoms with Crippen LogP contribution in [-0.2, 0) is 4.74 Å². The second-order valence-electron chi connectivity index (χ2n) is 5.58. The highest BCUT2D eigenvalue weighted by atomic mass is 16.5. The molecule has 0 unspecified atom stereocenters. The molecule has 0 aliphatic carbocycles. The van der Waals surface area contributed by atoms with Crippen molar-refractivity contribution >= 4 is 5.91 Å². The zero-order valence-electron chi connectivity index (χ0n) is 12.1. The second kappa shape index (κ2) is 5.85. The molecule has 1 aromatic rings. The van der Waals surface area contributed by atoms with Gasteiger partial charge in [-0.05, 0) is 12.8 Å². The monoisotopic (exact) mass is 279 g/mol. The third kappa shape index (κ3) is 3.32. The Balaban J connectivity index is 2.09. The van der Waals surface area contributed by atoms with E-state index in [0.29, 0.717) is 24.4 Å². The lowest BCUT2D eigenvalue weighted by molar-refractivity contribution is 0.0264. The molecule has 20 heavy (non-hydrogen) atoms. The van der Waals surface area contributed by atoms with Crippen LogP contribution in [0.4, 0.5) is 0 Å². The fourth-order valence-corrected chi connectivity index (χ4v) is 2.18. The molecule has 1 saturated heterocycles. The van der Waals surface area contributed by atoms with Crippen molar-refractivity contribution in [3.63, 3.8) is 0 Å². The lowest BCUT2D eigenvalue weighted by Crippen LogP contribution is -2.43. The molecule has 0 spiro atoms. The number of aliphatic hydroxyl groups is 1. The first-order valence-corrected chi connectivity index (χ1v) is 6.83. The molecule has 0 radical (unpaired) electrons. The van der Waals surface area contributed by atoms with Crippen molar-refractivity contribution in [3.05, 3.63) is 23.3 Å². The maximum atomic E-state index is 12.2. The SMILES string of the molecule is Cc1ncc(C(=O)NC[C@@]2(O)CCOC2)c(C(C)C)n1. The molecule has 2 N–H and O–H groups in total. The summed E-state index contributed by atoms with van der Waals surface area (Å²) in [5, 5.41) is 12.9. The minimum atomic E-state index is -0.959. The summed E-state index contributed by atoms with van der Waals surface area (Å²) in [7, 11) is 0. The molecule has 6 nitrogen and oxygen atoms in total. The summed E-state index contributed by atoms with van der Waals surface area (Å²) in [6.45, 7) is 6.73. The number of hydrogen-bond acceptors (Lipinski definition) is 5. The smallest absolute Gasteiger partial charge is 0.254 e. The van der Waals surface area contributed by atoms with Gasteiger partial charge in [-0.1, -0.05) is 13.8 Å². The van der Waals surface area contributed by atoms with E-state index in [1.807, 2.05) is 13.8 Å². The van der Waals surface area contributed by atoms with Gasteiger partial charge in [0.2, 0.25) is 0 Å². The highest BCUT2D eigenvalue weighted by Gasteiger charge is 2.32. The number of amides is 1. The van der Waals surface area contributed by atoms with Gasteiger partial charge in [0.15, 0.2) is 0 Å². The predicted octanol–water partition coefficient (Wildman–Crippen LogP) is 0.790. The Hall–Kier alpha value is -1.53. The van der Waals surface area contributed by atoms with E-state index in [4.69, 9.17) is 4.74 Å². The Morgan fingerprint density at radius 2 is 2.35 bits per heavy atom. The molecular weight excluding hydrogens is 258 g/mol. The second-order valence-corrected chi connectivity index (χ2v) is 5.58. The number of aromatic nitrogens is 2. The first-order valence-electron chi connectivity index (χ1n) is 6.83. The Labute approximate surface area is 118 Å². The normalized spacial score (nSPS) is 22.2. The fourth-order valence-electron chi connectivity index (χ4n) is 2.18. The molecule has 2 rings (SSSR count). The van der Waals surface area contributed by atoms with E-state index in [-0.39, 0.29) is 25.0 Å². The van der Waals surface area contributed by atoms with Crippen molar-refractivity contribution in [2.24, 2.45) is 0 Å². The van der Waals surface area contributed by atoms with Gasteiger partial charge >= 0.3 is 0 Å². The van der Waals surface area contributed by atoms with Crippen molar-refractivity contribution in [2.75, 3.05) is 19.8 Å². The van der Waals surface area contributed by atoms with E-state index in [1.165, 1.54) is 0 Å². The Morgan fingerprint density at radius 1 is 1.60 bits per heavy atom. The number of rotatable bonds is 4. The quantitative estimate of drug-likeness (QED) is 0.851.